The number of morpholine rings is 1. The number of anilines is 1. The predicted octanol–water partition coefficient (Wildman–Crippen LogP) is 1.16. The summed E-state index contributed by atoms with van der Waals surface area (Å²) in [5.74, 6) is 1.04. The lowest BCUT2D eigenvalue weighted by molar-refractivity contribution is 0.0383. The third kappa shape index (κ3) is 5.90. The third-order valence-corrected chi connectivity index (χ3v) is 4.32. The van der Waals surface area contributed by atoms with Gasteiger partial charge in [-0.15, -0.1) is 0 Å². The zero-order chi connectivity index (χ0) is 18.9. The van der Waals surface area contributed by atoms with Crippen LogP contribution in [0.5, 0.6) is 5.75 Å². The highest BCUT2D eigenvalue weighted by Gasteiger charge is 2.12. The number of amides is 1. The molecule has 1 aliphatic rings. The summed E-state index contributed by atoms with van der Waals surface area (Å²) in [6, 6.07) is 9.34. The van der Waals surface area contributed by atoms with Crippen LogP contribution in [0.25, 0.3) is 0 Å². The van der Waals surface area contributed by atoms with Gasteiger partial charge in [0.1, 0.15) is 11.4 Å². The van der Waals surface area contributed by atoms with E-state index in [0.29, 0.717) is 24.7 Å². The monoisotopic (exact) mass is 371 g/mol. The van der Waals surface area contributed by atoms with Gasteiger partial charge in [-0.1, -0.05) is 12.1 Å². The van der Waals surface area contributed by atoms with Crippen LogP contribution >= 0.6 is 0 Å². The average molecular weight is 371 g/mol. The molecule has 2 heterocycles. The summed E-state index contributed by atoms with van der Waals surface area (Å²) in [4.78, 5) is 23.0. The summed E-state index contributed by atoms with van der Waals surface area (Å²) in [5, 5.41) is 6.04. The van der Waals surface area contributed by atoms with Crippen molar-refractivity contribution in [2.24, 2.45) is 0 Å². The van der Waals surface area contributed by atoms with E-state index in [4.69, 9.17) is 9.47 Å². The highest BCUT2D eigenvalue weighted by molar-refractivity contribution is 5.92. The summed E-state index contributed by atoms with van der Waals surface area (Å²) >= 11 is 0. The van der Waals surface area contributed by atoms with Crippen LogP contribution in [0.1, 0.15) is 16.1 Å². The van der Waals surface area contributed by atoms with Crippen LogP contribution in [0, 0.1) is 0 Å². The lowest BCUT2D eigenvalue weighted by atomic mass is 10.2. The standard InChI is InChI=1S/C19H25N5O3/c1-26-16-4-2-15(3-5-16)14-22-19-21-7-6-17(23-19)18(25)20-8-9-24-10-12-27-13-11-24/h2-7H,8-14H2,1H3,(H,20,25)(H,21,22,23). The fraction of sp³-hybridized carbons (Fsp3) is 0.421. The smallest absolute Gasteiger partial charge is 0.270 e. The molecule has 1 fully saturated rings. The molecule has 0 radical (unpaired) electrons. The number of hydrogen-bond acceptors (Lipinski definition) is 7. The number of benzene rings is 1. The van der Waals surface area contributed by atoms with E-state index in [1.807, 2.05) is 24.3 Å². The van der Waals surface area contributed by atoms with Gasteiger partial charge in [-0.25, -0.2) is 9.97 Å². The highest BCUT2D eigenvalue weighted by Crippen LogP contribution is 2.12. The Hall–Kier alpha value is -2.71. The summed E-state index contributed by atoms with van der Waals surface area (Å²) in [7, 11) is 1.64. The maximum Gasteiger partial charge on any atom is 0.270 e. The van der Waals surface area contributed by atoms with Crippen molar-refractivity contribution in [3.05, 3.63) is 47.8 Å². The minimum absolute atomic E-state index is 0.196. The molecule has 1 saturated heterocycles. The molecule has 1 aromatic carbocycles. The fourth-order valence-corrected chi connectivity index (χ4v) is 2.74. The van der Waals surface area contributed by atoms with Gasteiger partial charge >= 0.3 is 0 Å². The van der Waals surface area contributed by atoms with E-state index in [-0.39, 0.29) is 5.91 Å². The predicted molar refractivity (Wildman–Crippen MR) is 102 cm³/mol. The second-order valence-corrected chi connectivity index (χ2v) is 6.18. The fourth-order valence-electron chi connectivity index (χ4n) is 2.74. The van der Waals surface area contributed by atoms with Crippen molar-refractivity contribution in [2.45, 2.75) is 6.54 Å². The van der Waals surface area contributed by atoms with E-state index in [9.17, 15) is 4.79 Å². The van der Waals surface area contributed by atoms with Gasteiger partial charge in [-0.2, -0.15) is 0 Å². The van der Waals surface area contributed by atoms with Crippen molar-refractivity contribution in [2.75, 3.05) is 51.8 Å². The molecule has 8 nitrogen and oxygen atoms in total. The molecule has 0 atom stereocenters. The molecular weight excluding hydrogens is 346 g/mol. The first-order valence-corrected chi connectivity index (χ1v) is 9.03. The topological polar surface area (TPSA) is 88.6 Å². The van der Waals surface area contributed by atoms with Gasteiger partial charge in [0, 0.05) is 38.9 Å². The lowest BCUT2D eigenvalue weighted by Gasteiger charge is -2.26. The molecule has 1 amide bonds. The number of carbonyl (C=O) groups excluding carboxylic acids is 1. The lowest BCUT2D eigenvalue weighted by Crippen LogP contribution is -2.41. The first-order valence-electron chi connectivity index (χ1n) is 9.03. The minimum atomic E-state index is -0.196. The molecule has 0 saturated carbocycles. The molecule has 144 valence electrons. The second-order valence-electron chi connectivity index (χ2n) is 6.18. The van der Waals surface area contributed by atoms with Crippen LogP contribution in [0.4, 0.5) is 5.95 Å². The molecular formula is C19H25N5O3. The Bertz CT molecular complexity index is 732. The van der Waals surface area contributed by atoms with Crippen molar-refractivity contribution in [1.29, 1.82) is 0 Å². The molecule has 0 bridgehead atoms. The largest absolute Gasteiger partial charge is 0.497 e. The Balaban J connectivity index is 1.47. The maximum atomic E-state index is 12.3. The van der Waals surface area contributed by atoms with Crippen LogP contribution in [0.15, 0.2) is 36.5 Å². The normalized spacial score (nSPS) is 14.6. The van der Waals surface area contributed by atoms with Gasteiger partial charge in [0.2, 0.25) is 5.95 Å². The van der Waals surface area contributed by atoms with Crippen molar-refractivity contribution in [3.8, 4) is 5.75 Å². The Labute approximate surface area is 158 Å². The quantitative estimate of drug-likeness (QED) is 0.720. The number of methoxy groups -OCH3 is 1. The molecule has 3 rings (SSSR count). The SMILES string of the molecule is COc1ccc(CNc2nccc(C(=O)NCCN3CCOCC3)n2)cc1. The van der Waals surface area contributed by atoms with E-state index >= 15 is 0 Å². The maximum absolute atomic E-state index is 12.3. The van der Waals surface area contributed by atoms with Crippen LogP contribution in [0.2, 0.25) is 0 Å². The number of nitrogens with one attached hydrogen (secondary N) is 2. The summed E-state index contributed by atoms with van der Waals surface area (Å²) in [5.41, 5.74) is 1.42. The van der Waals surface area contributed by atoms with Gasteiger partial charge in [0.05, 0.1) is 20.3 Å². The molecule has 0 unspecified atom stereocenters. The summed E-state index contributed by atoms with van der Waals surface area (Å²) < 4.78 is 10.5. The van der Waals surface area contributed by atoms with Crippen molar-refractivity contribution in [1.82, 2.24) is 20.2 Å². The van der Waals surface area contributed by atoms with Gasteiger partial charge in [0.25, 0.3) is 5.91 Å². The second kappa shape index (κ2) is 9.84. The van der Waals surface area contributed by atoms with Gasteiger partial charge in [-0.3, -0.25) is 9.69 Å². The van der Waals surface area contributed by atoms with Crippen LogP contribution < -0.4 is 15.4 Å². The Morgan fingerprint density at radius 3 is 2.74 bits per heavy atom. The molecule has 2 N–H and O–H groups in total. The van der Waals surface area contributed by atoms with E-state index in [1.165, 1.54) is 0 Å². The number of nitrogens with zero attached hydrogens (tertiary/aromatic N) is 3. The zero-order valence-electron chi connectivity index (χ0n) is 15.5. The van der Waals surface area contributed by atoms with Gasteiger partial charge in [0.15, 0.2) is 0 Å². The molecule has 2 aromatic rings. The zero-order valence-corrected chi connectivity index (χ0v) is 15.5. The average Bonchev–Trinajstić information content (AvgIpc) is 2.73. The Morgan fingerprint density at radius 1 is 1.22 bits per heavy atom. The first kappa shape index (κ1) is 19.1. The molecule has 0 aliphatic carbocycles. The van der Waals surface area contributed by atoms with E-state index < -0.39 is 0 Å². The molecule has 8 heteroatoms. The van der Waals surface area contributed by atoms with E-state index in [2.05, 4.69) is 25.5 Å². The molecule has 1 aromatic heterocycles. The number of aromatic nitrogens is 2. The molecule has 1 aliphatic heterocycles. The van der Waals surface area contributed by atoms with Crippen molar-refractivity contribution >= 4 is 11.9 Å². The highest BCUT2D eigenvalue weighted by atomic mass is 16.5. The van der Waals surface area contributed by atoms with E-state index in [0.717, 1.165) is 44.2 Å². The first-order chi connectivity index (χ1) is 13.2. The van der Waals surface area contributed by atoms with Gasteiger partial charge in [-0.05, 0) is 23.8 Å². The van der Waals surface area contributed by atoms with Crippen LogP contribution in [0.3, 0.4) is 0 Å². The van der Waals surface area contributed by atoms with E-state index in [1.54, 1.807) is 19.4 Å². The molecule has 27 heavy (non-hydrogen) atoms. The third-order valence-electron chi connectivity index (χ3n) is 4.32. The summed E-state index contributed by atoms with van der Waals surface area (Å²) in [6.45, 7) is 5.27. The van der Waals surface area contributed by atoms with Crippen LogP contribution in [-0.4, -0.2) is 67.3 Å². The number of carbonyl (C=O) groups is 1. The van der Waals surface area contributed by atoms with Crippen molar-refractivity contribution in [3.63, 3.8) is 0 Å². The molecule has 0 spiro atoms. The number of rotatable bonds is 8. The Morgan fingerprint density at radius 2 is 2.00 bits per heavy atom. The number of ether oxygens (including phenoxy) is 2. The van der Waals surface area contributed by atoms with Crippen molar-refractivity contribution < 1.29 is 14.3 Å². The summed E-state index contributed by atoms with van der Waals surface area (Å²) in [6.07, 6.45) is 1.58. The van der Waals surface area contributed by atoms with Gasteiger partial charge < -0.3 is 20.1 Å². The Kier molecular flexibility index (Phi) is 6.95. The minimum Gasteiger partial charge on any atom is -0.497 e. The van der Waals surface area contributed by atoms with Crippen LogP contribution in [-0.2, 0) is 11.3 Å². The number of hydrogen-bond donors (Lipinski definition) is 2.